The molecule has 3 N–H and O–H groups in total. The summed E-state index contributed by atoms with van der Waals surface area (Å²) in [6, 6.07) is 8.45. The van der Waals surface area contributed by atoms with Crippen LogP contribution in [0.5, 0.6) is 5.75 Å². The standard InChI is InChI=1S/C24H32O6/c1-17(6-5-13-24(4,28)14-11-21(25)23(2,3)27)12-15-29-19-9-7-18-8-10-22(26)30-20(18)16-19/h5,7-10,12-13,16,21,25,27-28H,6,11,14-15H2,1-4H3/b13-5+,17-12-/t21-,24+/m0/s1. The van der Waals surface area contributed by atoms with E-state index in [-0.39, 0.29) is 0 Å². The van der Waals surface area contributed by atoms with E-state index >= 15 is 0 Å². The van der Waals surface area contributed by atoms with Crippen LogP contribution in [0.3, 0.4) is 0 Å². The van der Waals surface area contributed by atoms with Gasteiger partial charge in [-0.05, 0) is 71.2 Å². The van der Waals surface area contributed by atoms with Crippen LogP contribution in [0.25, 0.3) is 11.0 Å². The van der Waals surface area contributed by atoms with E-state index in [1.165, 1.54) is 6.07 Å². The number of hydrogen-bond donors (Lipinski definition) is 3. The van der Waals surface area contributed by atoms with Crippen molar-refractivity contribution in [3.05, 3.63) is 64.6 Å². The maximum atomic E-state index is 11.3. The van der Waals surface area contributed by atoms with Crippen LogP contribution in [0.2, 0.25) is 0 Å². The van der Waals surface area contributed by atoms with E-state index in [1.807, 2.05) is 31.2 Å². The predicted molar refractivity (Wildman–Crippen MR) is 118 cm³/mol. The summed E-state index contributed by atoms with van der Waals surface area (Å²) in [4.78, 5) is 11.3. The van der Waals surface area contributed by atoms with E-state index in [2.05, 4.69) is 0 Å². The molecule has 30 heavy (non-hydrogen) atoms. The van der Waals surface area contributed by atoms with E-state index in [0.29, 0.717) is 37.2 Å². The number of rotatable bonds is 10. The molecule has 0 unspecified atom stereocenters. The molecule has 2 rings (SSSR count). The van der Waals surface area contributed by atoms with Gasteiger partial charge in [-0.1, -0.05) is 17.7 Å². The fraction of sp³-hybridized carbons (Fsp3) is 0.458. The fourth-order valence-corrected chi connectivity index (χ4v) is 2.86. The number of hydrogen-bond acceptors (Lipinski definition) is 6. The van der Waals surface area contributed by atoms with Gasteiger partial charge in [0.15, 0.2) is 0 Å². The van der Waals surface area contributed by atoms with E-state index in [0.717, 1.165) is 11.0 Å². The molecule has 0 aliphatic heterocycles. The molecular formula is C24H32O6. The zero-order valence-corrected chi connectivity index (χ0v) is 18.1. The van der Waals surface area contributed by atoms with Crippen molar-refractivity contribution in [3.8, 4) is 5.75 Å². The first-order valence-electron chi connectivity index (χ1n) is 10.1. The molecule has 6 nitrogen and oxygen atoms in total. The molecule has 2 atom stereocenters. The molecule has 0 spiro atoms. The van der Waals surface area contributed by atoms with E-state index in [1.54, 1.807) is 39.0 Å². The lowest BCUT2D eigenvalue weighted by Gasteiger charge is -2.27. The van der Waals surface area contributed by atoms with Crippen molar-refractivity contribution >= 4 is 11.0 Å². The normalized spacial score (nSPS) is 16.0. The average molecular weight is 417 g/mol. The van der Waals surface area contributed by atoms with E-state index < -0.39 is 22.9 Å². The van der Waals surface area contributed by atoms with Gasteiger partial charge in [-0.3, -0.25) is 0 Å². The highest BCUT2D eigenvalue weighted by molar-refractivity contribution is 5.77. The second kappa shape index (κ2) is 10.1. The number of aliphatic hydroxyl groups is 3. The lowest BCUT2D eigenvalue weighted by molar-refractivity contribution is -0.0591. The van der Waals surface area contributed by atoms with Crippen LogP contribution in [0.15, 0.2) is 63.3 Å². The summed E-state index contributed by atoms with van der Waals surface area (Å²) in [6.45, 7) is 7.12. The Balaban J connectivity index is 1.82. The minimum Gasteiger partial charge on any atom is -0.489 e. The Morgan fingerprint density at radius 1 is 1.20 bits per heavy atom. The van der Waals surface area contributed by atoms with Gasteiger partial charge >= 0.3 is 5.63 Å². The maximum absolute atomic E-state index is 11.3. The summed E-state index contributed by atoms with van der Waals surface area (Å²) in [5.41, 5.74) is -1.08. The molecule has 0 fully saturated rings. The Morgan fingerprint density at radius 2 is 1.90 bits per heavy atom. The third-order valence-electron chi connectivity index (χ3n) is 4.93. The van der Waals surface area contributed by atoms with Crippen molar-refractivity contribution in [2.24, 2.45) is 0 Å². The molecule has 0 saturated carbocycles. The van der Waals surface area contributed by atoms with E-state index in [4.69, 9.17) is 9.15 Å². The van der Waals surface area contributed by atoms with Crippen molar-refractivity contribution < 1.29 is 24.5 Å². The minimum atomic E-state index is -1.18. The first-order valence-corrected chi connectivity index (χ1v) is 10.1. The van der Waals surface area contributed by atoms with Crippen LogP contribution >= 0.6 is 0 Å². The molecule has 0 radical (unpaired) electrons. The fourth-order valence-electron chi connectivity index (χ4n) is 2.86. The number of aliphatic hydroxyl groups excluding tert-OH is 1. The lowest BCUT2D eigenvalue weighted by Crippen LogP contribution is -2.37. The maximum Gasteiger partial charge on any atom is 0.336 e. The van der Waals surface area contributed by atoms with Crippen LogP contribution in [0.4, 0.5) is 0 Å². The molecule has 0 amide bonds. The van der Waals surface area contributed by atoms with Crippen molar-refractivity contribution in [1.82, 2.24) is 0 Å². The molecular weight excluding hydrogens is 384 g/mol. The van der Waals surface area contributed by atoms with Crippen LogP contribution in [-0.2, 0) is 0 Å². The zero-order chi connectivity index (χ0) is 22.4. The number of fused-ring (bicyclic) bond motifs is 1. The highest BCUT2D eigenvalue weighted by atomic mass is 16.5. The summed E-state index contributed by atoms with van der Waals surface area (Å²) in [5.74, 6) is 0.616. The highest BCUT2D eigenvalue weighted by Gasteiger charge is 2.27. The van der Waals surface area contributed by atoms with Crippen molar-refractivity contribution in [2.75, 3.05) is 6.61 Å². The van der Waals surface area contributed by atoms with Crippen molar-refractivity contribution in [1.29, 1.82) is 0 Å². The first kappa shape index (κ1) is 23.9. The molecule has 2 aromatic rings. The number of allylic oxidation sites excluding steroid dienone is 2. The topological polar surface area (TPSA) is 100 Å². The Labute approximate surface area is 177 Å². The summed E-state index contributed by atoms with van der Waals surface area (Å²) < 4.78 is 10.9. The minimum absolute atomic E-state index is 0.301. The van der Waals surface area contributed by atoms with Gasteiger partial charge < -0.3 is 24.5 Å². The van der Waals surface area contributed by atoms with Gasteiger partial charge in [-0.15, -0.1) is 0 Å². The monoisotopic (exact) mass is 416 g/mol. The van der Waals surface area contributed by atoms with Gasteiger partial charge in [0.2, 0.25) is 0 Å². The smallest absolute Gasteiger partial charge is 0.336 e. The Kier molecular flexibility index (Phi) is 8.01. The molecule has 0 aliphatic rings. The summed E-state index contributed by atoms with van der Waals surface area (Å²) in [7, 11) is 0. The molecule has 164 valence electrons. The molecule has 1 heterocycles. The van der Waals surface area contributed by atoms with Gasteiger partial charge in [0, 0.05) is 17.5 Å². The molecule has 6 heteroatoms. The Morgan fingerprint density at radius 3 is 2.60 bits per heavy atom. The van der Waals surface area contributed by atoms with Crippen LogP contribution in [-0.4, -0.2) is 39.2 Å². The highest BCUT2D eigenvalue weighted by Crippen LogP contribution is 2.21. The second-order valence-electron chi connectivity index (χ2n) is 8.49. The number of ether oxygens (including phenoxy) is 1. The molecule has 1 aromatic heterocycles. The van der Waals surface area contributed by atoms with Crippen molar-refractivity contribution in [2.45, 2.75) is 64.3 Å². The Hall–Kier alpha value is -2.41. The molecule has 1 aromatic carbocycles. The van der Waals surface area contributed by atoms with Gasteiger partial charge in [0.1, 0.15) is 17.9 Å². The SMILES string of the molecule is C/C(=C/COc1ccc2ccc(=O)oc2c1)C/C=C/[C@@](C)(O)CC[C@H](O)C(C)(C)O. The zero-order valence-electron chi connectivity index (χ0n) is 18.1. The van der Waals surface area contributed by atoms with Crippen LogP contribution < -0.4 is 10.4 Å². The lowest BCUT2D eigenvalue weighted by atomic mass is 9.91. The number of benzene rings is 1. The first-order chi connectivity index (χ1) is 14.0. The molecule has 0 saturated heterocycles. The van der Waals surface area contributed by atoms with Gasteiger partial charge in [0.05, 0.1) is 17.3 Å². The largest absolute Gasteiger partial charge is 0.489 e. The average Bonchev–Trinajstić information content (AvgIpc) is 2.65. The third kappa shape index (κ3) is 7.78. The van der Waals surface area contributed by atoms with Crippen LogP contribution in [0, 0.1) is 0 Å². The van der Waals surface area contributed by atoms with Gasteiger partial charge in [-0.25, -0.2) is 4.79 Å². The molecule has 0 bridgehead atoms. The van der Waals surface area contributed by atoms with E-state index in [9.17, 15) is 20.1 Å². The summed E-state index contributed by atoms with van der Waals surface area (Å²) >= 11 is 0. The van der Waals surface area contributed by atoms with Gasteiger partial charge in [0.25, 0.3) is 0 Å². The predicted octanol–water partition coefficient (Wildman–Crippen LogP) is 3.73. The third-order valence-corrected chi connectivity index (χ3v) is 4.93. The summed E-state index contributed by atoms with van der Waals surface area (Å²) in [5, 5.41) is 30.9. The Bertz CT molecular complexity index is 946. The quantitative estimate of drug-likeness (QED) is 0.403. The van der Waals surface area contributed by atoms with Crippen molar-refractivity contribution in [3.63, 3.8) is 0 Å². The van der Waals surface area contributed by atoms with Crippen LogP contribution in [0.1, 0.15) is 47.0 Å². The molecule has 0 aliphatic carbocycles. The van der Waals surface area contributed by atoms with Gasteiger partial charge in [-0.2, -0.15) is 0 Å². The second-order valence-corrected chi connectivity index (χ2v) is 8.49. The summed E-state index contributed by atoms with van der Waals surface area (Å²) in [6.07, 6.45) is 5.95.